The van der Waals surface area contributed by atoms with Gasteiger partial charge in [-0.3, -0.25) is 10.1 Å². The minimum Gasteiger partial charge on any atom is -0.492 e. The average molecular weight is 359 g/mol. The Labute approximate surface area is 155 Å². The summed E-state index contributed by atoms with van der Waals surface area (Å²) in [6.07, 6.45) is 4.28. The Morgan fingerprint density at radius 2 is 1.85 bits per heavy atom. The molecule has 0 saturated carbocycles. The fourth-order valence-electron chi connectivity index (χ4n) is 3.96. The summed E-state index contributed by atoms with van der Waals surface area (Å²) in [6, 6.07) is 7.80. The van der Waals surface area contributed by atoms with E-state index in [9.17, 15) is 9.59 Å². The summed E-state index contributed by atoms with van der Waals surface area (Å²) in [5, 5.41) is 5.42. The summed E-state index contributed by atoms with van der Waals surface area (Å²) in [4.78, 5) is 27.2. The molecule has 2 aliphatic rings. The van der Waals surface area contributed by atoms with Crippen molar-refractivity contribution in [2.45, 2.75) is 57.7 Å². The number of hydrogen-bond acceptors (Lipinski definition) is 4. The van der Waals surface area contributed by atoms with Crippen molar-refractivity contribution in [1.29, 1.82) is 0 Å². The lowest BCUT2D eigenvalue weighted by Crippen LogP contribution is -2.51. The molecular weight excluding hydrogens is 330 g/mol. The summed E-state index contributed by atoms with van der Waals surface area (Å²) >= 11 is 0. The fraction of sp³-hybridized carbons (Fsp3) is 0.600. The molecule has 0 aromatic heterocycles. The summed E-state index contributed by atoms with van der Waals surface area (Å²) in [6.45, 7) is 4.62. The highest BCUT2D eigenvalue weighted by Crippen LogP contribution is 2.34. The van der Waals surface area contributed by atoms with E-state index in [0.717, 1.165) is 12.8 Å². The molecule has 2 saturated heterocycles. The summed E-state index contributed by atoms with van der Waals surface area (Å²) < 4.78 is 5.70. The van der Waals surface area contributed by atoms with Crippen LogP contribution in [-0.2, 0) is 0 Å². The van der Waals surface area contributed by atoms with E-state index >= 15 is 0 Å². The Morgan fingerprint density at radius 3 is 2.50 bits per heavy atom. The molecular formula is C20H29N3O3. The van der Waals surface area contributed by atoms with Gasteiger partial charge in [0.15, 0.2) is 0 Å². The number of urea groups is 1. The summed E-state index contributed by atoms with van der Waals surface area (Å²) in [7, 11) is 2.16. The van der Waals surface area contributed by atoms with Crippen LogP contribution in [0.1, 0.15) is 49.9 Å². The van der Waals surface area contributed by atoms with Crippen molar-refractivity contribution in [2.24, 2.45) is 5.92 Å². The second-order valence-corrected chi connectivity index (χ2v) is 7.85. The third kappa shape index (κ3) is 4.36. The molecule has 1 unspecified atom stereocenters. The highest BCUT2D eigenvalue weighted by molar-refractivity contribution is 6.05. The number of piperidine rings is 1. The van der Waals surface area contributed by atoms with Crippen LogP contribution in [0.3, 0.4) is 0 Å². The van der Waals surface area contributed by atoms with Gasteiger partial charge in [-0.1, -0.05) is 26.0 Å². The maximum Gasteiger partial charge on any atom is 0.321 e. The number of nitrogens with one attached hydrogen (secondary N) is 2. The van der Waals surface area contributed by atoms with Gasteiger partial charge in [0.2, 0.25) is 0 Å². The lowest BCUT2D eigenvalue weighted by Gasteiger charge is -2.36. The van der Waals surface area contributed by atoms with E-state index in [1.165, 1.54) is 12.8 Å². The van der Waals surface area contributed by atoms with Gasteiger partial charge in [-0.05, 0) is 50.8 Å². The lowest BCUT2D eigenvalue weighted by molar-refractivity contribution is 0.0955. The quantitative estimate of drug-likeness (QED) is 0.848. The predicted octanol–water partition coefficient (Wildman–Crippen LogP) is 2.79. The van der Waals surface area contributed by atoms with Crippen LogP contribution in [0.25, 0.3) is 0 Å². The first-order valence-electron chi connectivity index (χ1n) is 9.49. The van der Waals surface area contributed by atoms with Gasteiger partial charge in [0.05, 0.1) is 12.2 Å². The minimum absolute atomic E-state index is 0.129. The number of imide groups is 1. The maximum atomic E-state index is 12.5. The summed E-state index contributed by atoms with van der Waals surface area (Å²) in [5.41, 5.74) is 0.381. The molecule has 1 aromatic carbocycles. The number of carbonyl (C=O) groups is 2. The van der Waals surface area contributed by atoms with Crippen molar-refractivity contribution in [1.82, 2.24) is 15.5 Å². The molecule has 1 aromatic rings. The third-order valence-electron chi connectivity index (χ3n) is 5.36. The highest BCUT2D eigenvalue weighted by atomic mass is 16.5. The van der Waals surface area contributed by atoms with Crippen LogP contribution in [0.15, 0.2) is 24.3 Å². The van der Waals surface area contributed by atoms with E-state index in [1.807, 2.05) is 19.9 Å². The first-order chi connectivity index (χ1) is 12.4. The van der Waals surface area contributed by atoms with Crippen LogP contribution < -0.4 is 15.4 Å². The number of amides is 3. The first-order valence-corrected chi connectivity index (χ1v) is 9.49. The van der Waals surface area contributed by atoms with E-state index in [0.29, 0.717) is 35.9 Å². The van der Waals surface area contributed by atoms with Crippen LogP contribution in [0.4, 0.5) is 4.79 Å². The number of benzene rings is 1. The molecule has 2 fully saturated rings. The molecule has 0 spiro atoms. The van der Waals surface area contributed by atoms with Crippen molar-refractivity contribution in [2.75, 3.05) is 13.7 Å². The number of para-hydroxylation sites is 1. The van der Waals surface area contributed by atoms with Gasteiger partial charge in [0, 0.05) is 18.1 Å². The molecule has 2 aliphatic heterocycles. The Kier molecular flexibility index (Phi) is 5.81. The van der Waals surface area contributed by atoms with Crippen LogP contribution in [0, 0.1) is 5.92 Å². The third-order valence-corrected chi connectivity index (χ3v) is 5.36. The second-order valence-electron chi connectivity index (χ2n) is 7.85. The van der Waals surface area contributed by atoms with Gasteiger partial charge in [0.1, 0.15) is 5.75 Å². The summed E-state index contributed by atoms with van der Waals surface area (Å²) in [5.74, 6) is 0.427. The zero-order chi connectivity index (χ0) is 18.7. The van der Waals surface area contributed by atoms with Gasteiger partial charge in [0.25, 0.3) is 5.91 Å². The average Bonchev–Trinajstić information content (AvgIpc) is 2.81. The molecule has 3 rings (SSSR count). The predicted molar refractivity (Wildman–Crippen MR) is 100 cm³/mol. The molecule has 26 heavy (non-hydrogen) atoms. The molecule has 6 heteroatoms. The Bertz CT molecular complexity index is 647. The highest BCUT2D eigenvalue weighted by Gasteiger charge is 2.38. The van der Waals surface area contributed by atoms with Gasteiger partial charge < -0.3 is 15.0 Å². The van der Waals surface area contributed by atoms with E-state index in [1.54, 1.807) is 18.2 Å². The van der Waals surface area contributed by atoms with Gasteiger partial charge in [-0.25, -0.2) is 4.79 Å². The van der Waals surface area contributed by atoms with E-state index in [-0.39, 0.29) is 6.04 Å². The number of hydrogen-bond donors (Lipinski definition) is 2. The second kappa shape index (κ2) is 8.08. The Balaban J connectivity index is 1.56. The molecule has 6 nitrogen and oxygen atoms in total. The molecule has 0 radical (unpaired) electrons. The molecule has 0 aliphatic carbocycles. The normalized spacial score (nSPS) is 25.2. The molecule has 2 bridgehead atoms. The first kappa shape index (κ1) is 18.7. The van der Waals surface area contributed by atoms with E-state index < -0.39 is 11.9 Å². The Hall–Kier alpha value is -2.08. The van der Waals surface area contributed by atoms with Crippen molar-refractivity contribution in [3.63, 3.8) is 0 Å². The van der Waals surface area contributed by atoms with E-state index in [4.69, 9.17) is 4.74 Å². The van der Waals surface area contributed by atoms with Crippen molar-refractivity contribution in [3.05, 3.63) is 29.8 Å². The van der Waals surface area contributed by atoms with E-state index in [2.05, 4.69) is 22.6 Å². The van der Waals surface area contributed by atoms with Crippen molar-refractivity contribution in [3.8, 4) is 5.75 Å². The zero-order valence-corrected chi connectivity index (χ0v) is 15.8. The lowest BCUT2D eigenvalue weighted by atomic mass is 9.98. The van der Waals surface area contributed by atoms with Crippen LogP contribution in [0.5, 0.6) is 5.75 Å². The number of carbonyl (C=O) groups excluding carboxylic acids is 2. The maximum absolute atomic E-state index is 12.5. The smallest absolute Gasteiger partial charge is 0.321 e. The van der Waals surface area contributed by atoms with Gasteiger partial charge in [-0.15, -0.1) is 0 Å². The zero-order valence-electron chi connectivity index (χ0n) is 15.8. The number of nitrogens with zero attached hydrogens (tertiary/aromatic N) is 1. The van der Waals surface area contributed by atoms with Crippen LogP contribution in [0.2, 0.25) is 0 Å². The number of ether oxygens (including phenoxy) is 1. The molecule has 3 amide bonds. The minimum atomic E-state index is -0.433. The van der Waals surface area contributed by atoms with Crippen molar-refractivity contribution < 1.29 is 14.3 Å². The monoisotopic (exact) mass is 359 g/mol. The largest absolute Gasteiger partial charge is 0.492 e. The van der Waals surface area contributed by atoms with Gasteiger partial charge >= 0.3 is 6.03 Å². The Morgan fingerprint density at radius 1 is 1.19 bits per heavy atom. The molecule has 2 heterocycles. The number of fused-ring (bicyclic) bond motifs is 2. The molecule has 2 N–H and O–H groups in total. The molecule has 142 valence electrons. The SMILES string of the molecule is CC(C)COc1ccccc1C(=O)NC(=O)NC1C[C@H]2CC[C@@H](C1)N2C. The van der Waals surface area contributed by atoms with Crippen molar-refractivity contribution >= 4 is 11.9 Å². The van der Waals surface area contributed by atoms with Crippen LogP contribution >= 0.6 is 0 Å². The number of rotatable bonds is 5. The van der Waals surface area contributed by atoms with Gasteiger partial charge in [-0.2, -0.15) is 0 Å². The van der Waals surface area contributed by atoms with Crippen LogP contribution in [-0.4, -0.2) is 48.6 Å². The standard InChI is InChI=1S/C20H29N3O3/c1-13(2)12-26-18-7-5-4-6-17(18)19(24)22-20(25)21-14-10-15-8-9-16(11-14)23(15)3/h4-7,13-16H,8-12H2,1-3H3,(H2,21,22,24,25)/t14?,15-,16+. The topological polar surface area (TPSA) is 70.7 Å². The molecule has 3 atom stereocenters. The fourth-order valence-corrected chi connectivity index (χ4v) is 3.96.